The molecule has 1 unspecified atom stereocenters. The van der Waals surface area contributed by atoms with Crippen molar-refractivity contribution in [1.82, 2.24) is 0 Å². The van der Waals surface area contributed by atoms with Crippen LogP contribution in [0.15, 0.2) is 72.8 Å². The lowest BCUT2D eigenvalue weighted by molar-refractivity contribution is 0.987. The standard InChI is InChI=1S/C20H26Si/c1-21(2,3)20(19-15-8-5-9-16-19)17-11-10-14-18-12-6-4-7-13-18/h4-9,11-13,15-17,20H,10,14H2,1-3H3/b17-11+. The molecule has 0 saturated heterocycles. The molecular formula is C20H26Si. The summed E-state index contributed by atoms with van der Waals surface area (Å²) < 4.78 is 0. The molecule has 1 heteroatoms. The second kappa shape index (κ2) is 7.42. The summed E-state index contributed by atoms with van der Waals surface area (Å²) in [4.78, 5) is 0. The minimum atomic E-state index is -1.24. The number of allylic oxidation sites excluding steroid dienone is 2. The maximum atomic E-state index is 2.45. The first-order valence-corrected chi connectivity index (χ1v) is 11.4. The fraction of sp³-hybridized carbons (Fsp3) is 0.300. The van der Waals surface area contributed by atoms with Gasteiger partial charge < -0.3 is 0 Å². The number of rotatable bonds is 6. The molecule has 2 aromatic carbocycles. The molecule has 0 bridgehead atoms. The van der Waals surface area contributed by atoms with E-state index in [1.807, 2.05) is 0 Å². The van der Waals surface area contributed by atoms with Crippen molar-refractivity contribution in [2.24, 2.45) is 0 Å². The van der Waals surface area contributed by atoms with Gasteiger partial charge in [0.1, 0.15) is 0 Å². The van der Waals surface area contributed by atoms with E-state index < -0.39 is 8.07 Å². The molecule has 2 rings (SSSR count). The molecule has 0 N–H and O–H groups in total. The molecular weight excluding hydrogens is 268 g/mol. The van der Waals surface area contributed by atoms with Crippen LogP contribution in [0.25, 0.3) is 0 Å². The zero-order chi connectivity index (χ0) is 15.1. The molecule has 0 radical (unpaired) electrons. The van der Waals surface area contributed by atoms with Crippen LogP contribution in [0.2, 0.25) is 19.6 Å². The van der Waals surface area contributed by atoms with Gasteiger partial charge >= 0.3 is 0 Å². The smallest absolute Gasteiger partial charge is 0.0565 e. The molecule has 0 amide bonds. The maximum Gasteiger partial charge on any atom is 0.0565 e. The lowest BCUT2D eigenvalue weighted by Crippen LogP contribution is -2.29. The Morgan fingerprint density at radius 2 is 1.43 bits per heavy atom. The predicted molar refractivity (Wildman–Crippen MR) is 96.4 cm³/mol. The Morgan fingerprint density at radius 3 is 2.00 bits per heavy atom. The molecule has 0 saturated carbocycles. The molecule has 0 aromatic heterocycles. The molecule has 0 aliphatic carbocycles. The van der Waals surface area contributed by atoms with Crippen molar-refractivity contribution in [2.75, 3.05) is 0 Å². The van der Waals surface area contributed by atoms with Crippen LogP contribution in [0.5, 0.6) is 0 Å². The Balaban J connectivity index is 2.01. The van der Waals surface area contributed by atoms with Gasteiger partial charge in [-0.3, -0.25) is 0 Å². The quantitative estimate of drug-likeness (QED) is 0.464. The molecule has 0 aliphatic rings. The maximum absolute atomic E-state index is 2.45. The average molecular weight is 295 g/mol. The number of hydrogen-bond donors (Lipinski definition) is 0. The van der Waals surface area contributed by atoms with Crippen molar-refractivity contribution in [2.45, 2.75) is 38.0 Å². The molecule has 0 fully saturated rings. The van der Waals surface area contributed by atoms with E-state index >= 15 is 0 Å². The third-order valence-corrected chi connectivity index (χ3v) is 6.25. The summed E-state index contributed by atoms with van der Waals surface area (Å²) in [5.41, 5.74) is 3.49. The first-order valence-electron chi connectivity index (χ1n) is 7.83. The van der Waals surface area contributed by atoms with E-state index in [2.05, 4.69) is 92.5 Å². The van der Waals surface area contributed by atoms with Crippen molar-refractivity contribution in [3.63, 3.8) is 0 Å². The van der Waals surface area contributed by atoms with Crippen LogP contribution < -0.4 is 0 Å². The summed E-state index contributed by atoms with van der Waals surface area (Å²) in [6, 6.07) is 21.7. The van der Waals surface area contributed by atoms with Gasteiger partial charge in [-0.15, -0.1) is 0 Å². The Kier molecular flexibility index (Phi) is 5.57. The number of aryl methyl sites for hydroxylation is 1. The second-order valence-corrected chi connectivity index (χ2v) is 12.1. The van der Waals surface area contributed by atoms with Gasteiger partial charge in [0.05, 0.1) is 8.07 Å². The Labute approximate surface area is 130 Å². The largest absolute Gasteiger partial charge is 0.0879 e. The van der Waals surface area contributed by atoms with Crippen LogP contribution in [0.3, 0.4) is 0 Å². The van der Waals surface area contributed by atoms with Crippen molar-refractivity contribution in [1.29, 1.82) is 0 Å². The average Bonchev–Trinajstić information content (AvgIpc) is 2.48. The van der Waals surface area contributed by atoms with E-state index in [9.17, 15) is 0 Å². The van der Waals surface area contributed by atoms with E-state index in [0.29, 0.717) is 5.54 Å². The van der Waals surface area contributed by atoms with Gasteiger partial charge in [0.25, 0.3) is 0 Å². The predicted octanol–water partition coefficient (Wildman–Crippen LogP) is 5.84. The summed E-state index contributed by atoms with van der Waals surface area (Å²) in [5, 5.41) is 0. The van der Waals surface area contributed by atoms with Crippen LogP contribution in [-0.4, -0.2) is 8.07 Å². The van der Waals surface area contributed by atoms with E-state index in [1.54, 1.807) is 0 Å². The third kappa shape index (κ3) is 5.02. The highest BCUT2D eigenvalue weighted by molar-refractivity contribution is 6.78. The topological polar surface area (TPSA) is 0 Å². The zero-order valence-electron chi connectivity index (χ0n) is 13.4. The van der Waals surface area contributed by atoms with Crippen molar-refractivity contribution in [3.05, 3.63) is 83.9 Å². The lowest BCUT2D eigenvalue weighted by Gasteiger charge is -2.26. The molecule has 0 nitrogen and oxygen atoms in total. The van der Waals surface area contributed by atoms with Gasteiger partial charge in [-0.2, -0.15) is 0 Å². The second-order valence-electron chi connectivity index (χ2n) is 6.71. The van der Waals surface area contributed by atoms with Crippen LogP contribution in [-0.2, 0) is 6.42 Å². The molecule has 2 aromatic rings. The third-order valence-electron chi connectivity index (χ3n) is 3.86. The van der Waals surface area contributed by atoms with Crippen LogP contribution >= 0.6 is 0 Å². The van der Waals surface area contributed by atoms with Crippen LogP contribution in [0, 0.1) is 0 Å². The summed E-state index contributed by atoms with van der Waals surface area (Å²) in [5.74, 6) is 0. The van der Waals surface area contributed by atoms with Gasteiger partial charge in [-0.05, 0) is 29.5 Å². The van der Waals surface area contributed by atoms with Gasteiger partial charge in [-0.25, -0.2) is 0 Å². The zero-order valence-corrected chi connectivity index (χ0v) is 14.4. The fourth-order valence-corrected chi connectivity index (χ4v) is 4.59. The summed E-state index contributed by atoms with van der Waals surface area (Å²) >= 11 is 0. The van der Waals surface area contributed by atoms with E-state index in [-0.39, 0.29) is 0 Å². The molecule has 21 heavy (non-hydrogen) atoms. The highest BCUT2D eigenvalue weighted by Gasteiger charge is 2.25. The Hall–Kier alpha value is -1.60. The van der Waals surface area contributed by atoms with Crippen molar-refractivity contribution >= 4 is 8.07 Å². The van der Waals surface area contributed by atoms with Gasteiger partial charge in [0.2, 0.25) is 0 Å². The monoisotopic (exact) mass is 294 g/mol. The SMILES string of the molecule is C[Si](C)(C)C(/C=C/CCc1ccccc1)c1ccccc1. The van der Waals surface area contributed by atoms with E-state index in [0.717, 1.165) is 12.8 Å². The lowest BCUT2D eigenvalue weighted by atomic mass is 10.1. The van der Waals surface area contributed by atoms with Gasteiger partial charge in [0.15, 0.2) is 0 Å². The Bertz CT molecular complexity index is 549. The van der Waals surface area contributed by atoms with Crippen LogP contribution in [0.4, 0.5) is 0 Å². The number of benzene rings is 2. The minimum absolute atomic E-state index is 0.606. The molecule has 110 valence electrons. The van der Waals surface area contributed by atoms with Crippen molar-refractivity contribution in [3.8, 4) is 0 Å². The summed E-state index contributed by atoms with van der Waals surface area (Å²) in [7, 11) is -1.24. The summed E-state index contributed by atoms with van der Waals surface area (Å²) in [6.07, 6.45) is 7.08. The molecule has 1 atom stereocenters. The van der Waals surface area contributed by atoms with E-state index in [1.165, 1.54) is 11.1 Å². The number of hydrogen-bond acceptors (Lipinski definition) is 0. The minimum Gasteiger partial charge on any atom is -0.0879 e. The first-order chi connectivity index (χ1) is 10.1. The fourth-order valence-electron chi connectivity index (χ4n) is 2.69. The van der Waals surface area contributed by atoms with Gasteiger partial charge in [-0.1, -0.05) is 92.5 Å². The van der Waals surface area contributed by atoms with Crippen molar-refractivity contribution < 1.29 is 0 Å². The summed E-state index contributed by atoms with van der Waals surface area (Å²) in [6.45, 7) is 7.35. The van der Waals surface area contributed by atoms with Crippen LogP contribution in [0.1, 0.15) is 23.1 Å². The molecule has 0 heterocycles. The molecule has 0 spiro atoms. The van der Waals surface area contributed by atoms with Gasteiger partial charge in [0, 0.05) is 0 Å². The normalized spacial score (nSPS) is 13.5. The molecule has 0 aliphatic heterocycles. The van der Waals surface area contributed by atoms with E-state index in [4.69, 9.17) is 0 Å². The highest BCUT2D eigenvalue weighted by Crippen LogP contribution is 2.28. The first kappa shape index (κ1) is 15.8. The highest BCUT2D eigenvalue weighted by atomic mass is 28.3. The Morgan fingerprint density at radius 1 is 0.857 bits per heavy atom.